The lowest BCUT2D eigenvalue weighted by Crippen LogP contribution is -3.15. The van der Waals surface area contributed by atoms with Crippen LogP contribution in [-0.2, 0) is 4.79 Å². The van der Waals surface area contributed by atoms with Crippen LogP contribution in [0, 0.1) is 5.92 Å². The summed E-state index contributed by atoms with van der Waals surface area (Å²) >= 11 is 1.45. The van der Waals surface area contributed by atoms with E-state index < -0.39 is 0 Å². The van der Waals surface area contributed by atoms with Gasteiger partial charge in [-0.2, -0.15) is 0 Å². The van der Waals surface area contributed by atoms with Crippen molar-refractivity contribution in [3.63, 3.8) is 0 Å². The van der Waals surface area contributed by atoms with Gasteiger partial charge in [-0.3, -0.25) is 14.9 Å². The van der Waals surface area contributed by atoms with E-state index in [-0.39, 0.29) is 30.4 Å². The Labute approximate surface area is 164 Å². The molecule has 2 atom stereocenters. The summed E-state index contributed by atoms with van der Waals surface area (Å²) in [6.45, 7) is 5.09. The number of carbonyl (C=O) groups is 3. The number of quaternary nitrogens is 1. The Bertz CT molecular complexity index is 656. The van der Waals surface area contributed by atoms with Gasteiger partial charge >= 0.3 is 6.03 Å². The van der Waals surface area contributed by atoms with Gasteiger partial charge in [0.25, 0.3) is 11.8 Å². The second-order valence-corrected chi connectivity index (χ2v) is 8.53. The Kier molecular flexibility index (Phi) is 6.84. The van der Waals surface area contributed by atoms with Crippen molar-refractivity contribution in [2.24, 2.45) is 5.92 Å². The maximum absolute atomic E-state index is 12.3. The molecule has 0 bridgehead atoms. The SMILES string of the molecule is C[C@H]1CCCC[C@H]1NC(=O)NC(=O)C[NH+]1CCN(C(=O)c2cccs2)CC1. The van der Waals surface area contributed by atoms with Gasteiger partial charge in [-0.1, -0.05) is 25.8 Å². The van der Waals surface area contributed by atoms with Gasteiger partial charge in [0.2, 0.25) is 0 Å². The molecule has 2 heterocycles. The summed E-state index contributed by atoms with van der Waals surface area (Å²) in [5.41, 5.74) is 0. The maximum Gasteiger partial charge on any atom is 0.321 e. The molecule has 2 fully saturated rings. The van der Waals surface area contributed by atoms with Crippen molar-refractivity contribution in [1.82, 2.24) is 15.5 Å². The third-order valence-corrected chi connectivity index (χ3v) is 6.44. The Hall–Kier alpha value is -1.93. The first-order valence-electron chi connectivity index (χ1n) is 9.79. The lowest BCUT2D eigenvalue weighted by Gasteiger charge is -2.32. The summed E-state index contributed by atoms with van der Waals surface area (Å²) in [4.78, 5) is 40.3. The number of piperazine rings is 1. The van der Waals surface area contributed by atoms with E-state index in [1.54, 1.807) is 0 Å². The van der Waals surface area contributed by atoms with Crippen molar-refractivity contribution in [2.45, 2.75) is 38.6 Å². The molecule has 1 aliphatic heterocycles. The molecule has 1 aromatic rings. The first-order valence-corrected chi connectivity index (χ1v) is 10.7. The average molecular weight is 394 g/mol. The number of carbonyl (C=O) groups excluding carboxylic acids is 3. The van der Waals surface area contributed by atoms with Crippen LogP contribution in [0.1, 0.15) is 42.3 Å². The zero-order valence-electron chi connectivity index (χ0n) is 15.8. The van der Waals surface area contributed by atoms with Crippen molar-refractivity contribution in [3.8, 4) is 0 Å². The molecule has 7 nitrogen and oxygen atoms in total. The topological polar surface area (TPSA) is 82.9 Å². The van der Waals surface area contributed by atoms with Gasteiger partial charge < -0.3 is 15.1 Å². The van der Waals surface area contributed by atoms with Gasteiger partial charge in [0.1, 0.15) is 0 Å². The maximum atomic E-state index is 12.3. The molecule has 2 aliphatic rings. The summed E-state index contributed by atoms with van der Waals surface area (Å²) in [6, 6.07) is 3.49. The summed E-state index contributed by atoms with van der Waals surface area (Å²) < 4.78 is 0. The lowest BCUT2D eigenvalue weighted by atomic mass is 9.86. The van der Waals surface area contributed by atoms with Gasteiger partial charge in [0, 0.05) is 6.04 Å². The second-order valence-electron chi connectivity index (χ2n) is 7.59. The Balaban J connectivity index is 1.37. The van der Waals surface area contributed by atoms with E-state index in [2.05, 4.69) is 17.6 Å². The van der Waals surface area contributed by atoms with E-state index >= 15 is 0 Å². The van der Waals surface area contributed by atoms with Crippen LogP contribution in [0.2, 0.25) is 0 Å². The van der Waals surface area contributed by atoms with E-state index in [0.29, 0.717) is 32.1 Å². The standard InChI is InChI=1S/C19H28N4O3S/c1-14-5-2-3-6-15(14)20-19(26)21-17(24)13-22-8-10-23(11-9-22)18(25)16-7-4-12-27-16/h4,7,12,14-15H,2-3,5-6,8-11,13H2,1H3,(H2,20,21,24,26)/p+1/t14-,15+/m0/s1. The molecule has 0 aromatic carbocycles. The largest absolute Gasteiger partial charge is 0.335 e. The van der Waals surface area contributed by atoms with Gasteiger partial charge in [0.05, 0.1) is 31.1 Å². The number of urea groups is 1. The zero-order chi connectivity index (χ0) is 19.2. The normalized spacial score (nSPS) is 23.7. The molecule has 0 unspecified atom stereocenters. The molecular weight excluding hydrogens is 364 g/mol. The predicted molar refractivity (Wildman–Crippen MR) is 104 cm³/mol. The molecule has 3 N–H and O–H groups in total. The number of hydrogen-bond donors (Lipinski definition) is 3. The van der Waals surface area contributed by atoms with Crippen LogP contribution >= 0.6 is 11.3 Å². The van der Waals surface area contributed by atoms with Crippen LogP contribution in [-0.4, -0.2) is 61.5 Å². The second kappa shape index (κ2) is 9.32. The summed E-state index contributed by atoms with van der Waals surface area (Å²) in [5.74, 6) is 0.262. The number of nitrogens with zero attached hydrogens (tertiary/aromatic N) is 1. The van der Waals surface area contributed by atoms with Crippen molar-refractivity contribution >= 4 is 29.2 Å². The Morgan fingerprint density at radius 2 is 1.96 bits per heavy atom. The van der Waals surface area contributed by atoms with Crippen LogP contribution in [0.5, 0.6) is 0 Å². The molecular formula is C19H29N4O3S+. The smallest absolute Gasteiger partial charge is 0.321 e. The minimum atomic E-state index is -0.385. The highest BCUT2D eigenvalue weighted by Crippen LogP contribution is 2.23. The fraction of sp³-hybridized carbons (Fsp3) is 0.632. The third kappa shape index (κ3) is 5.52. The summed E-state index contributed by atoms with van der Waals surface area (Å²) in [7, 11) is 0. The molecule has 27 heavy (non-hydrogen) atoms. The van der Waals surface area contributed by atoms with Crippen molar-refractivity contribution in [1.29, 1.82) is 0 Å². The van der Waals surface area contributed by atoms with Crippen LogP contribution in [0.3, 0.4) is 0 Å². The van der Waals surface area contributed by atoms with Crippen LogP contribution in [0.15, 0.2) is 17.5 Å². The zero-order valence-corrected chi connectivity index (χ0v) is 16.6. The molecule has 1 aromatic heterocycles. The first kappa shape index (κ1) is 19.8. The van der Waals surface area contributed by atoms with E-state index in [4.69, 9.17) is 0 Å². The van der Waals surface area contributed by atoms with Crippen molar-refractivity contribution in [2.75, 3.05) is 32.7 Å². The lowest BCUT2D eigenvalue weighted by molar-refractivity contribution is -0.895. The van der Waals surface area contributed by atoms with Gasteiger partial charge in [-0.15, -0.1) is 11.3 Å². The minimum Gasteiger partial charge on any atom is -0.335 e. The van der Waals surface area contributed by atoms with Crippen molar-refractivity contribution in [3.05, 3.63) is 22.4 Å². The van der Waals surface area contributed by atoms with E-state index in [1.807, 2.05) is 22.4 Å². The van der Waals surface area contributed by atoms with Gasteiger partial charge in [-0.05, 0) is 30.2 Å². The predicted octanol–water partition coefficient (Wildman–Crippen LogP) is 0.493. The fourth-order valence-electron chi connectivity index (χ4n) is 3.89. The Morgan fingerprint density at radius 3 is 2.63 bits per heavy atom. The molecule has 148 valence electrons. The molecule has 1 saturated carbocycles. The number of imide groups is 1. The molecule has 1 aliphatic carbocycles. The summed E-state index contributed by atoms with van der Waals surface area (Å²) in [6.07, 6.45) is 4.44. The molecule has 8 heteroatoms. The summed E-state index contributed by atoms with van der Waals surface area (Å²) in [5, 5.41) is 7.31. The van der Waals surface area contributed by atoms with Gasteiger partial charge in [0.15, 0.2) is 6.54 Å². The van der Waals surface area contributed by atoms with Crippen molar-refractivity contribution < 1.29 is 19.3 Å². The fourth-order valence-corrected chi connectivity index (χ4v) is 4.58. The molecule has 0 radical (unpaired) electrons. The number of hydrogen-bond acceptors (Lipinski definition) is 4. The number of rotatable bonds is 4. The van der Waals surface area contributed by atoms with E-state index in [9.17, 15) is 14.4 Å². The molecule has 1 saturated heterocycles. The molecule has 4 amide bonds. The first-order chi connectivity index (χ1) is 13.0. The number of nitrogens with one attached hydrogen (secondary N) is 3. The van der Waals surface area contributed by atoms with Crippen LogP contribution in [0.4, 0.5) is 4.79 Å². The molecule has 3 rings (SSSR count). The third-order valence-electron chi connectivity index (χ3n) is 5.58. The molecule has 0 spiro atoms. The average Bonchev–Trinajstić information content (AvgIpc) is 3.18. The van der Waals surface area contributed by atoms with Crippen LogP contribution < -0.4 is 15.5 Å². The quantitative estimate of drug-likeness (QED) is 0.696. The van der Waals surface area contributed by atoms with E-state index in [1.165, 1.54) is 17.8 Å². The number of amides is 4. The van der Waals surface area contributed by atoms with Crippen LogP contribution in [0.25, 0.3) is 0 Å². The highest BCUT2D eigenvalue weighted by atomic mass is 32.1. The number of thiophene rings is 1. The highest BCUT2D eigenvalue weighted by molar-refractivity contribution is 7.12. The minimum absolute atomic E-state index is 0.0643. The Morgan fingerprint density at radius 1 is 1.22 bits per heavy atom. The van der Waals surface area contributed by atoms with Gasteiger partial charge in [-0.25, -0.2) is 4.79 Å². The monoisotopic (exact) mass is 393 g/mol. The highest BCUT2D eigenvalue weighted by Gasteiger charge is 2.27. The van der Waals surface area contributed by atoms with E-state index in [0.717, 1.165) is 29.0 Å².